The van der Waals surface area contributed by atoms with Gasteiger partial charge in [-0.3, -0.25) is 42.7 Å². The molecule has 1 atom stereocenters. The minimum absolute atomic E-state index is 0. The number of hydrogen-bond acceptors (Lipinski definition) is 13. The van der Waals surface area contributed by atoms with Crippen molar-refractivity contribution >= 4 is 59.1 Å². The SMILES string of the molecule is O=COCCC(CCC(=O)O)(CCC(=O)O)NC(=O)Cn1ccnc1CN(CCc1ccc(NS(=O)[O-])cc1)Cc1nccn1CC(=O)N(CC(=O)O)CC(=O)O.[C-]#[O+].[C-]#[O+].[C-]#[O+].[Re]. The van der Waals surface area contributed by atoms with Crippen molar-refractivity contribution in [2.75, 3.05) is 31.0 Å². The number of benzene rings is 1. The number of carboxylic acid groups (broad SMARTS) is 4. The molecule has 2 heterocycles. The van der Waals surface area contributed by atoms with Crippen LogP contribution in [-0.2, 0) is 117 Å². The smallest absolute Gasteiger partial charge is 0 e. The van der Waals surface area contributed by atoms with Gasteiger partial charge in [0.15, 0.2) is 0 Å². The second-order valence-corrected chi connectivity index (χ2v) is 13.5. The van der Waals surface area contributed by atoms with Crippen molar-refractivity contribution in [2.24, 2.45) is 0 Å². The number of rotatable bonds is 28. The van der Waals surface area contributed by atoms with E-state index >= 15 is 0 Å². The van der Waals surface area contributed by atoms with E-state index in [1.54, 1.807) is 24.3 Å². The third kappa shape index (κ3) is 23.8. The van der Waals surface area contributed by atoms with Crippen molar-refractivity contribution in [1.82, 2.24) is 34.2 Å². The minimum atomic E-state index is -2.51. The number of nitrogens with one attached hydrogen (secondary N) is 2. The molecule has 0 bridgehead atoms. The van der Waals surface area contributed by atoms with E-state index in [0.29, 0.717) is 35.2 Å². The quantitative estimate of drug-likeness (QED) is 0.0176. The van der Waals surface area contributed by atoms with Crippen LogP contribution in [0.15, 0.2) is 49.1 Å². The molecule has 64 heavy (non-hydrogen) atoms. The van der Waals surface area contributed by atoms with Crippen LogP contribution in [0.3, 0.4) is 0 Å². The number of carbonyl (C=O) groups is 7. The molecule has 0 spiro atoms. The van der Waals surface area contributed by atoms with Crippen LogP contribution in [0.25, 0.3) is 0 Å². The van der Waals surface area contributed by atoms with Crippen molar-refractivity contribution in [3.05, 3.63) is 86.2 Å². The zero-order valence-corrected chi connectivity index (χ0v) is 37.2. The Morgan fingerprint density at radius 3 is 1.72 bits per heavy atom. The van der Waals surface area contributed by atoms with Gasteiger partial charge in [0, 0.05) is 93.5 Å². The van der Waals surface area contributed by atoms with Crippen LogP contribution in [0.1, 0.15) is 49.3 Å². The summed E-state index contributed by atoms with van der Waals surface area (Å²) in [5.74, 6) is -5.78. The normalized spacial score (nSPS) is 10.6. The molecule has 0 saturated carbocycles. The molecule has 347 valence electrons. The number of anilines is 1. The maximum atomic E-state index is 13.5. The second kappa shape index (κ2) is 33.3. The van der Waals surface area contributed by atoms with Gasteiger partial charge in [0.1, 0.15) is 37.8 Å². The molecule has 6 N–H and O–H groups in total. The first-order valence-electron chi connectivity index (χ1n) is 17.9. The topological polar surface area (TPSA) is 376 Å². The van der Waals surface area contributed by atoms with Gasteiger partial charge in [-0.15, -0.1) is 0 Å². The summed E-state index contributed by atoms with van der Waals surface area (Å²) in [7, 11) is 0. The maximum Gasteiger partial charge on any atom is 0 e. The molecule has 0 aliphatic carbocycles. The average molecular weight is 1090 g/mol. The van der Waals surface area contributed by atoms with Gasteiger partial charge in [0.2, 0.25) is 11.8 Å². The van der Waals surface area contributed by atoms with Gasteiger partial charge in [-0.2, -0.15) is 0 Å². The first-order valence-corrected chi connectivity index (χ1v) is 18.9. The molecule has 2 amide bonds. The van der Waals surface area contributed by atoms with E-state index in [4.69, 9.17) is 18.7 Å². The van der Waals surface area contributed by atoms with E-state index in [2.05, 4.69) is 40.0 Å². The van der Waals surface area contributed by atoms with E-state index in [9.17, 15) is 62.7 Å². The van der Waals surface area contributed by atoms with Gasteiger partial charge < -0.3 is 53.8 Å². The molecule has 0 aliphatic heterocycles. The number of imidazole rings is 2. The molecule has 0 fully saturated rings. The molecule has 0 saturated heterocycles. The first-order chi connectivity index (χ1) is 30.1. The monoisotopic (exact) mass is 1090 g/mol. The molecule has 2 aromatic heterocycles. The third-order valence-electron chi connectivity index (χ3n) is 8.64. The summed E-state index contributed by atoms with van der Waals surface area (Å²) >= 11 is -2.51. The standard InChI is InChI=1S/C34H44N8O14S.3CO.Re/c43-23-56-16-10-34(8-5-30(46)47,9-6-31(48)49)37-28(44)19-40-14-11-35-26(40)17-39(13-7-24-1-3-25(4-2-24)38-57(54)55)18-27-36-12-15-41(27)20-29(45)42(21-32(50)51)22-33(52)53;3*1-2;/h1-4,11-12,14-15,23,38H,5-10,13,16-22H2,(H,37,44)(H,46,47)(H,48,49)(H,50,51)(H,52,53)(H,54,55);;;;/p-1. The summed E-state index contributed by atoms with van der Waals surface area (Å²) in [6.45, 7) is 11.6. The van der Waals surface area contributed by atoms with Gasteiger partial charge >= 0.3 is 57.8 Å². The minimum Gasteiger partial charge on any atom is 0 e. The van der Waals surface area contributed by atoms with Crippen molar-refractivity contribution in [2.45, 2.75) is 70.2 Å². The fourth-order valence-electron chi connectivity index (χ4n) is 5.86. The summed E-state index contributed by atoms with van der Waals surface area (Å²) in [6.07, 6.45) is 5.16. The zero-order chi connectivity index (χ0) is 48.0. The van der Waals surface area contributed by atoms with E-state index in [1.165, 1.54) is 33.9 Å². The summed E-state index contributed by atoms with van der Waals surface area (Å²) in [5, 5.41) is 39.9. The summed E-state index contributed by atoms with van der Waals surface area (Å²) in [6, 6.07) is 6.60. The van der Waals surface area contributed by atoms with Gasteiger partial charge in [-0.25, -0.2) is 9.97 Å². The van der Waals surface area contributed by atoms with Crippen LogP contribution < -0.4 is 10.0 Å². The molecular formula is C37H43N8O17ReS-. The summed E-state index contributed by atoms with van der Waals surface area (Å²) in [4.78, 5) is 94.3. The van der Waals surface area contributed by atoms with E-state index in [1.807, 2.05) is 4.90 Å². The van der Waals surface area contributed by atoms with Crippen LogP contribution in [0.4, 0.5) is 5.69 Å². The van der Waals surface area contributed by atoms with Crippen molar-refractivity contribution in [3.8, 4) is 0 Å². The number of carbonyl (C=O) groups excluding carboxylic acids is 3. The molecule has 1 unspecified atom stereocenters. The molecule has 27 heteroatoms. The Morgan fingerprint density at radius 2 is 1.28 bits per heavy atom. The van der Waals surface area contributed by atoms with Crippen molar-refractivity contribution in [3.63, 3.8) is 0 Å². The summed E-state index contributed by atoms with van der Waals surface area (Å²) < 4.78 is 54.6. The third-order valence-corrected chi connectivity index (χ3v) is 9.04. The Morgan fingerprint density at radius 1 is 0.797 bits per heavy atom. The number of amides is 2. The zero-order valence-electron chi connectivity index (χ0n) is 33.7. The molecule has 3 rings (SSSR count). The van der Waals surface area contributed by atoms with Crippen molar-refractivity contribution in [1.29, 1.82) is 0 Å². The second-order valence-electron chi connectivity index (χ2n) is 12.8. The fourth-order valence-corrected chi connectivity index (χ4v) is 6.19. The van der Waals surface area contributed by atoms with E-state index < -0.39 is 85.0 Å². The van der Waals surface area contributed by atoms with Crippen LogP contribution in [-0.4, -0.2) is 132 Å². The molecule has 1 radical (unpaired) electrons. The fraction of sp³-hybridized carbons (Fsp3) is 0.405. The number of aliphatic carboxylic acids is 4. The Bertz CT molecular complexity index is 1990. The molecule has 0 aliphatic rings. The van der Waals surface area contributed by atoms with Crippen LogP contribution in [0.5, 0.6) is 0 Å². The number of carboxylic acids is 4. The van der Waals surface area contributed by atoms with Crippen LogP contribution in [0, 0.1) is 20.0 Å². The number of nitrogens with zero attached hydrogens (tertiary/aromatic N) is 6. The molecule has 3 aromatic rings. The summed E-state index contributed by atoms with van der Waals surface area (Å²) in [5.41, 5.74) is -0.169. The molecule has 25 nitrogen and oxygen atoms in total. The van der Waals surface area contributed by atoms with Crippen LogP contribution >= 0.6 is 0 Å². The Labute approximate surface area is 381 Å². The largest absolute Gasteiger partial charge is 0 e. The average Bonchev–Trinajstić information content (AvgIpc) is 3.88. The number of ether oxygens (including phenoxy) is 1. The molecular weight excluding hydrogens is 1050 g/mol. The van der Waals surface area contributed by atoms with Gasteiger partial charge in [-0.1, -0.05) is 12.1 Å². The van der Waals surface area contributed by atoms with E-state index in [0.717, 1.165) is 5.56 Å². The number of aromatic nitrogens is 4. The van der Waals surface area contributed by atoms with E-state index in [-0.39, 0.29) is 72.4 Å². The van der Waals surface area contributed by atoms with Crippen LogP contribution in [0.2, 0.25) is 0 Å². The maximum absolute atomic E-state index is 13.5. The van der Waals surface area contributed by atoms with Crippen molar-refractivity contribution < 1.29 is 102 Å². The number of hydrogen-bond donors (Lipinski definition) is 6. The predicted octanol–water partition coefficient (Wildman–Crippen LogP) is -0.439. The Balaban J connectivity index is 0. The van der Waals surface area contributed by atoms with Gasteiger partial charge in [-0.05, 0) is 37.0 Å². The predicted molar refractivity (Wildman–Crippen MR) is 206 cm³/mol. The first kappa shape index (κ1) is 59.8. The molecule has 1 aromatic carbocycles. The Hall–Kier alpha value is -6.32. The van der Waals surface area contributed by atoms with Gasteiger partial charge in [0.05, 0.1) is 19.7 Å². The van der Waals surface area contributed by atoms with Gasteiger partial charge in [0.25, 0.3) is 6.47 Å². The Kier molecular flexibility index (Phi) is 31.1.